The largest absolute Gasteiger partial charge is 0.306 e. The van der Waals surface area contributed by atoms with E-state index in [1.807, 2.05) is 17.4 Å². The van der Waals surface area contributed by atoms with Gasteiger partial charge in [0.15, 0.2) is 0 Å². The number of allylic oxidation sites excluding steroid dienone is 1. The van der Waals surface area contributed by atoms with E-state index in [0.717, 1.165) is 6.54 Å². The van der Waals surface area contributed by atoms with Crippen molar-refractivity contribution in [2.75, 3.05) is 12.4 Å². The molecule has 0 radical (unpaired) electrons. The van der Waals surface area contributed by atoms with Crippen molar-refractivity contribution in [1.82, 2.24) is 5.32 Å². The topological polar surface area (TPSA) is 12.0 Å². The SMILES string of the molecule is CC(C)C(NC/C=C/CCl)c1cccs1. The first-order valence-electron chi connectivity index (χ1n) is 5.23. The highest BCUT2D eigenvalue weighted by Crippen LogP contribution is 2.25. The predicted octanol–water partition coefficient (Wildman–Crippen LogP) is 3.83. The third kappa shape index (κ3) is 4.37. The molecule has 3 heteroatoms. The number of thiophene rings is 1. The zero-order valence-corrected chi connectivity index (χ0v) is 10.8. The molecule has 15 heavy (non-hydrogen) atoms. The molecular weight excluding hydrogens is 226 g/mol. The van der Waals surface area contributed by atoms with Crippen molar-refractivity contribution in [2.45, 2.75) is 19.9 Å². The molecule has 0 bridgehead atoms. The molecule has 0 amide bonds. The molecule has 0 spiro atoms. The zero-order chi connectivity index (χ0) is 11.1. The molecule has 1 atom stereocenters. The molecule has 0 saturated heterocycles. The highest BCUT2D eigenvalue weighted by Gasteiger charge is 2.14. The first kappa shape index (κ1) is 12.8. The lowest BCUT2D eigenvalue weighted by molar-refractivity contribution is 0.435. The van der Waals surface area contributed by atoms with Gasteiger partial charge in [0.25, 0.3) is 0 Å². The zero-order valence-electron chi connectivity index (χ0n) is 9.24. The Morgan fingerprint density at radius 1 is 1.47 bits per heavy atom. The summed E-state index contributed by atoms with van der Waals surface area (Å²) in [6, 6.07) is 4.74. The summed E-state index contributed by atoms with van der Waals surface area (Å²) in [6.07, 6.45) is 4.05. The van der Waals surface area contributed by atoms with Crippen molar-refractivity contribution in [3.05, 3.63) is 34.5 Å². The summed E-state index contributed by atoms with van der Waals surface area (Å²) in [7, 11) is 0. The van der Waals surface area contributed by atoms with Gasteiger partial charge in [-0.2, -0.15) is 0 Å². The van der Waals surface area contributed by atoms with Gasteiger partial charge >= 0.3 is 0 Å². The fourth-order valence-electron chi connectivity index (χ4n) is 1.47. The quantitative estimate of drug-likeness (QED) is 0.592. The molecule has 1 aromatic rings. The molecule has 0 aliphatic carbocycles. The molecule has 0 fully saturated rings. The summed E-state index contributed by atoms with van der Waals surface area (Å²) in [5.41, 5.74) is 0. The first-order chi connectivity index (χ1) is 7.25. The number of alkyl halides is 1. The Labute approximate surface area is 101 Å². The maximum atomic E-state index is 5.57. The lowest BCUT2D eigenvalue weighted by atomic mass is 10.0. The standard InChI is InChI=1S/C12H18ClNS/c1-10(2)12(11-6-5-9-15-11)14-8-4-3-7-13/h3-6,9-10,12,14H,7-8H2,1-2H3/b4-3+. The molecule has 1 heterocycles. The summed E-state index contributed by atoms with van der Waals surface area (Å²) in [5.74, 6) is 1.19. The van der Waals surface area contributed by atoms with Crippen LogP contribution < -0.4 is 5.32 Å². The molecular formula is C12H18ClNS. The monoisotopic (exact) mass is 243 g/mol. The van der Waals surface area contributed by atoms with Crippen LogP contribution in [-0.2, 0) is 0 Å². The van der Waals surface area contributed by atoms with Crippen LogP contribution in [0.2, 0.25) is 0 Å². The third-order valence-corrected chi connectivity index (χ3v) is 3.36. The summed E-state index contributed by atoms with van der Waals surface area (Å²) in [4.78, 5) is 1.41. The highest BCUT2D eigenvalue weighted by atomic mass is 35.5. The fraction of sp³-hybridized carbons (Fsp3) is 0.500. The van der Waals surface area contributed by atoms with Gasteiger partial charge < -0.3 is 5.32 Å². The Hall–Kier alpha value is -0.310. The van der Waals surface area contributed by atoms with E-state index in [9.17, 15) is 0 Å². The number of halogens is 1. The van der Waals surface area contributed by atoms with Crippen LogP contribution in [-0.4, -0.2) is 12.4 Å². The van der Waals surface area contributed by atoms with E-state index in [1.54, 1.807) is 0 Å². The molecule has 0 aromatic carbocycles. The number of hydrogen-bond acceptors (Lipinski definition) is 2. The summed E-state index contributed by atoms with van der Waals surface area (Å²) >= 11 is 7.38. The molecule has 0 aliphatic rings. The van der Waals surface area contributed by atoms with Gasteiger partial charge in [0.05, 0.1) is 0 Å². The number of hydrogen-bond donors (Lipinski definition) is 1. The van der Waals surface area contributed by atoms with Crippen LogP contribution in [0.5, 0.6) is 0 Å². The Bertz CT molecular complexity index is 280. The number of nitrogens with one attached hydrogen (secondary N) is 1. The van der Waals surface area contributed by atoms with Crippen molar-refractivity contribution in [1.29, 1.82) is 0 Å². The fourth-order valence-corrected chi connectivity index (χ4v) is 2.57. The summed E-state index contributed by atoms with van der Waals surface area (Å²) in [6.45, 7) is 5.36. The molecule has 84 valence electrons. The van der Waals surface area contributed by atoms with E-state index < -0.39 is 0 Å². The minimum absolute atomic E-state index is 0.449. The normalized spacial score (nSPS) is 13.9. The van der Waals surface area contributed by atoms with Gasteiger partial charge in [0.1, 0.15) is 0 Å². The second-order valence-electron chi connectivity index (χ2n) is 3.77. The molecule has 1 unspecified atom stereocenters. The van der Waals surface area contributed by atoms with Crippen molar-refractivity contribution in [3.63, 3.8) is 0 Å². The van der Waals surface area contributed by atoms with Crippen LogP contribution in [0.15, 0.2) is 29.7 Å². The van der Waals surface area contributed by atoms with E-state index in [-0.39, 0.29) is 0 Å². The lowest BCUT2D eigenvalue weighted by Gasteiger charge is -2.20. The molecule has 1 aromatic heterocycles. The van der Waals surface area contributed by atoms with Crippen molar-refractivity contribution in [3.8, 4) is 0 Å². The van der Waals surface area contributed by atoms with Crippen LogP contribution >= 0.6 is 22.9 Å². The van der Waals surface area contributed by atoms with Gasteiger partial charge in [-0.1, -0.05) is 32.1 Å². The molecule has 0 aliphatic heterocycles. The molecule has 1 nitrogen and oxygen atoms in total. The molecule has 0 saturated carbocycles. The minimum Gasteiger partial charge on any atom is -0.306 e. The lowest BCUT2D eigenvalue weighted by Crippen LogP contribution is -2.25. The van der Waals surface area contributed by atoms with E-state index in [0.29, 0.717) is 17.8 Å². The van der Waals surface area contributed by atoms with Crippen LogP contribution in [0.4, 0.5) is 0 Å². The van der Waals surface area contributed by atoms with Crippen molar-refractivity contribution >= 4 is 22.9 Å². The van der Waals surface area contributed by atoms with Gasteiger partial charge in [-0.25, -0.2) is 0 Å². The van der Waals surface area contributed by atoms with Crippen molar-refractivity contribution < 1.29 is 0 Å². The Morgan fingerprint density at radius 3 is 2.80 bits per heavy atom. The summed E-state index contributed by atoms with van der Waals surface area (Å²) in [5, 5.41) is 5.65. The van der Waals surface area contributed by atoms with Gasteiger partial charge in [-0.3, -0.25) is 0 Å². The Balaban J connectivity index is 2.49. The molecule has 1 N–H and O–H groups in total. The van der Waals surface area contributed by atoms with Crippen LogP contribution in [0.1, 0.15) is 24.8 Å². The van der Waals surface area contributed by atoms with Gasteiger partial charge in [0, 0.05) is 23.3 Å². The van der Waals surface area contributed by atoms with E-state index >= 15 is 0 Å². The smallest absolute Gasteiger partial charge is 0.0440 e. The van der Waals surface area contributed by atoms with Crippen LogP contribution in [0.25, 0.3) is 0 Å². The Kier molecular flexibility index (Phi) is 5.99. The predicted molar refractivity (Wildman–Crippen MR) is 69.8 cm³/mol. The minimum atomic E-state index is 0.449. The van der Waals surface area contributed by atoms with E-state index in [1.165, 1.54) is 4.88 Å². The van der Waals surface area contributed by atoms with Crippen molar-refractivity contribution in [2.24, 2.45) is 5.92 Å². The first-order valence-corrected chi connectivity index (χ1v) is 6.65. The van der Waals surface area contributed by atoms with Gasteiger partial charge in [-0.05, 0) is 17.4 Å². The number of rotatable bonds is 6. The average Bonchev–Trinajstić information content (AvgIpc) is 2.70. The van der Waals surface area contributed by atoms with Gasteiger partial charge in [0.2, 0.25) is 0 Å². The highest BCUT2D eigenvalue weighted by molar-refractivity contribution is 7.10. The summed E-state index contributed by atoms with van der Waals surface area (Å²) < 4.78 is 0. The Morgan fingerprint density at radius 2 is 2.27 bits per heavy atom. The second-order valence-corrected chi connectivity index (χ2v) is 5.06. The maximum Gasteiger partial charge on any atom is 0.0440 e. The molecule has 1 rings (SSSR count). The third-order valence-electron chi connectivity index (χ3n) is 2.23. The van der Waals surface area contributed by atoms with Crippen LogP contribution in [0.3, 0.4) is 0 Å². The maximum absolute atomic E-state index is 5.57. The average molecular weight is 244 g/mol. The second kappa shape index (κ2) is 7.04. The van der Waals surface area contributed by atoms with E-state index in [4.69, 9.17) is 11.6 Å². The van der Waals surface area contributed by atoms with E-state index in [2.05, 4.69) is 42.8 Å². The van der Waals surface area contributed by atoms with Crippen LogP contribution in [0, 0.1) is 5.92 Å². The van der Waals surface area contributed by atoms with Gasteiger partial charge in [-0.15, -0.1) is 22.9 Å².